The van der Waals surface area contributed by atoms with Gasteiger partial charge in [-0.15, -0.1) is 0 Å². The van der Waals surface area contributed by atoms with Gasteiger partial charge in [-0.2, -0.15) is 0 Å². The third-order valence-corrected chi connectivity index (χ3v) is 5.24. The van der Waals surface area contributed by atoms with E-state index in [4.69, 9.17) is 9.84 Å². The minimum Gasteiger partial charge on any atom is -0.396 e. The zero-order valence-electron chi connectivity index (χ0n) is 10.6. The van der Waals surface area contributed by atoms with Crippen molar-refractivity contribution in [3.63, 3.8) is 0 Å². The number of rotatable bonds is 6. The summed E-state index contributed by atoms with van der Waals surface area (Å²) in [6, 6.07) is -0.343. The minimum atomic E-state index is -3.31. The highest BCUT2D eigenvalue weighted by atomic mass is 32.2. The van der Waals surface area contributed by atoms with Crippen molar-refractivity contribution in [3.05, 3.63) is 0 Å². The Kier molecular flexibility index (Phi) is 6.04. The summed E-state index contributed by atoms with van der Waals surface area (Å²) < 4.78 is 28.5. The molecule has 0 aromatic rings. The maximum Gasteiger partial charge on any atom is 0.238 e. The van der Waals surface area contributed by atoms with Crippen molar-refractivity contribution < 1.29 is 23.1 Å². The predicted octanol–water partition coefficient (Wildman–Crippen LogP) is -0.533. The van der Waals surface area contributed by atoms with Crippen LogP contribution >= 0.6 is 0 Å². The molecule has 0 bridgehead atoms. The second-order valence-electron chi connectivity index (χ2n) is 4.52. The molecule has 1 amide bonds. The molecule has 1 aliphatic rings. The highest BCUT2D eigenvalue weighted by molar-refractivity contribution is 7.92. The van der Waals surface area contributed by atoms with Crippen molar-refractivity contribution in [2.24, 2.45) is 0 Å². The van der Waals surface area contributed by atoms with Crippen LogP contribution in [0.4, 0.5) is 0 Å². The number of hydrogen-bond donors (Lipinski definition) is 2. The summed E-state index contributed by atoms with van der Waals surface area (Å²) >= 11 is 0. The van der Waals surface area contributed by atoms with Gasteiger partial charge in [0.2, 0.25) is 5.91 Å². The predicted molar refractivity (Wildman–Crippen MR) is 66.9 cm³/mol. The molecule has 2 N–H and O–H groups in total. The van der Waals surface area contributed by atoms with Gasteiger partial charge in [0, 0.05) is 13.7 Å². The van der Waals surface area contributed by atoms with Crippen LogP contribution in [0, 0.1) is 0 Å². The molecule has 18 heavy (non-hydrogen) atoms. The molecule has 1 saturated heterocycles. The van der Waals surface area contributed by atoms with Crippen LogP contribution in [0.3, 0.4) is 0 Å². The Morgan fingerprint density at radius 2 is 2.22 bits per heavy atom. The van der Waals surface area contributed by atoms with E-state index in [-0.39, 0.29) is 25.0 Å². The lowest BCUT2D eigenvalue weighted by molar-refractivity contribution is -0.122. The standard InChI is InChI=1S/C11H21NO5S/c1-17-8-9(5-6-13)12-11(14)10-4-2-3-7-18(10,15)16/h9-10,13H,2-8H2,1H3,(H,12,14). The lowest BCUT2D eigenvalue weighted by atomic mass is 10.1. The van der Waals surface area contributed by atoms with E-state index in [9.17, 15) is 13.2 Å². The molecule has 0 spiro atoms. The molecule has 2 atom stereocenters. The van der Waals surface area contributed by atoms with Crippen molar-refractivity contribution in [1.29, 1.82) is 0 Å². The first-order chi connectivity index (χ1) is 8.51. The molecule has 1 heterocycles. The Hall–Kier alpha value is -0.660. The zero-order valence-corrected chi connectivity index (χ0v) is 11.4. The van der Waals surface area contributed by atoms with Gasteiger partial charge < -0.3 is 15.2 Å². The highest BCUT2D eigenvalue weighted by Crippen LogP contribution is 2.19. The number of aliphatic hydroxyl groups excluding tert-OH is 1. The fraction of sp³-hybridized carbons (Fsp3) is 0.909. The molecule has 0 radical (unpaired) electrons. The van der Waals surface area contributed by atoms with Gasteiger partial charge in [0.25, 0.3) is 0 Å². The molecule has 7 heteroatoms. The maximum absolute atomic E-state index is 11.9. The van der Waals surface area contributed by atoms with E-state index in [0.717, 1.165) is 6.42 Å². The molecule has 6 nitrogen and oxygen atoms in total. The van der Waals surface area contributed by atoms with Gasteiger partial charge in [-0.1, -0.05) is 6.42 Å². The van der Waals surface area contributed by atoms with Crippen LogP contribution in [0.5, 0.6) is 0 Å². The van der Waals surface area contributed by atoms with Crippen molar-refractivity contribution in [1.82, 2.24) is 5.32 Å². The lowest BCUT2D eigenvalue weighted by Gasteiger charge is -2.24. The van der Waals surface area contributed by atoms with Crippen LogP contribution in [-0.4, -0.2) is 56.8 Å². The van der Waals surface area contributed by atoms with Gasteiger partial charge in [0.15, 0.2) is 9.84 Å². The largest absolute Gasteiger partial charge is 0.396 e. The topological polar surface area (TPSA) is 92.7 Å². The summed E-state index contributed by atoms with van der Waals surface area (Å²) in [5.41, 5.74) is 0. The number of ether oxygens (including phenoxy) is 1. The quantitative estimate of drug-likeness (QED) is 0.681. The Balaban J connectivity index is 2.62. The van der Waals surface area contributed by atoms with Crippen molar-refractivity contribution in [2.45, 2.75) is 37.0 Å². The van der Waals surface area contributed by atoms with Crippen LogP contribution in [-0.2, 0) is 19.4 Å². The molecular weight excluding hydrogens is 258 g/mol. The van der Waals surface area contributed by atoms with Gasteiger partial charge >= 0.3 is 0 Å². The van der Waals surface area contributed by atoms with Crippen LogP contribution in [0.25, 0.3) is 0 Å². The SMILES string of the molecule is COCC(CCO)NC(=O)C1CCCCS1(=O)=O. The summed E-state index contributed by atoms with van der Waals surface area (Å²) in [4.78, 5) is 11.9. The van der Waals surface area contributed by atoms with Gasteiger partial charge in [-0.25, -0.2) is 8.42 Å². The number of methoxy groups -OCH3 is 1. The Labute approximate surface area is 108 Å². The van der Waals surface area contributed by atoms with Crippen molar-refractivity contribution in [2.75, 3.05) is 26.1 Å². The molecule has 2 unspecified atom stereocenters. The lowest BCUT2D eigenvalue weighted by Crippen LogP contribution is -2.48. The second kappa shape index (κ2) is 7.06. The third-order valence-electron chi connectivity index (χ3n) is 3.06. The molecule has 0 aromatic heterocycles. The Bertz CT molecular complexity index is 362. The number of amides is 1. The molecule has 0 saturated carbocycles. The normalized spacial score (nSPS) is 24.4. The molecule has 0 aromatic carbocycles. The molecule has 1 fully saturated rings. The van der Waals surface area contributed by atoms with Gasteiger partial charge in [-0.05, 0) is 19.3 Å². The summed E-state index contributed by atoms with van der Waals surface area (Å²) in [6.45, 7) is 0.185. The van der Waals surface area contributed by atoms with Crippen LogP contribution in [0.1, 0.15) is 25.7 Å². The summed E-state index contributed by atoms with van der Waals surface area (Å²) in [7, 11) is -1.82. The summed E-state index contributed by atoms with van der Waals surface area (Å²) in [5, 5.41) is 10.6. The molecule has 1 rings (SSSR count). The van der Waals surface area contributed by atoms with E-state index < -0.39 is 21.0 Å². The number of hydrogen-bond acceptors (Lipinski definition) is 5. The zero-order chi connectivity index (χ0) is 13.6. The van der Waals surface area contributed by atoms with E-state index >= 15 is 0 Å². The minimum absolute atomic E-state index is 0.0777. The molecule has 1 aliphatic heterocycles. The first kappa shape index (κ1) is 15.4. The van der Waals surface area contributed by atoms with E-state index in [1.165, 1.54) is 7.11 Å². The number of carbonyl (C=O) groups is 1. The van der Waals surface area contributed by atoms with E-state index in [1.807, 2.05) is 0 Å². The number of aliphatic hydroxyl groups is 1. The van der Waals surface area contributed by atoms with Crippen LogP contribution in [0.15, 0.2) is 0 Å². The first-order valence-electron chi connectivity index (χ1n) is 6.13. The number of nitrogens with one attached hydrogen (secondary N) is 1. The Morgan fingerprint density at radius 1 is 1.50 bits per heavy atom. The number of carbonyl (C=O) groups excluding carboxylic acids is 1. The second-order valence-corrected chi connectivity index (χ2v) is 6.83. The fourth-order valence-corrected chi connectivity index (χ4v) is 3.91. The average molecular weight is 279 g/mol. The van der Waals surface area contributed by atoms with E-state index in [0.29, 0.717) is 19.3 Å². The summed E-state index contributed by atoms with van der Waals surface area (Å²) in [5.74, 6) is -0.384. The van der Waals surface area contributed by atoms with Gasteiger partial charge in [0.05, 0.1) is 18.4 Å². The summed E-state index contributed by atoms with van der Waals surface area (Å²) in [6.07, 6.45) is 2.12. The van der Waals surface area contributed by atoms with Crippen LogP contribution in [0.2, 0.25) is 0 Å². The highest BCUT2D eigenvalue weighted by Gasteiger charge is 2.35. The monoisotopic (exact) mass is 279 g/mol. The van der Waals surface area contributed by atoms with Crippen molar-refractivity contribution in [3.8, 4) is 0 Å². The van der Waals surface area contributed by atoms with Gasteiger partial charge in [-0.3, -0.25) is 4.79 Å². The average Bonchev–Trinajstić information content (AvgIpc) is 2.28. The van der Waals surface area contributed by atoms with Gasteiger partial charge in [0.1, 0.15) is 5.25 Å². The van der Waals surface area contributed by atoms with Crippen molar-refractivity contribution >= 4 is 15.7 Å². The fourth-order valence-electron chi connectivity index (χ4n) is 2.10. The molecule has 106 valence electrons. The van der Waals surface area contributed by atoms with E-state index in [2.05, 4.69) is 5.32 Å². The molecular formula is C11H21NO5S. The van der Waals surface area contributed by atoms with Crippen LogP contribution < -0.4 is 5.32 Å². The maximum atomic E-state index is 11.9. The first-order valence-corrected chi connectivity index (χ1v) is 7.84. The number of sulfone groups is 1. The third kappa shape index (κ3) is 4.22. The Morgan fingerprint density at radius 3 is 2.78 bits per heavy atom. The molecule has 0 aliphatic carbocycles. The smallest absolute Gasteiger partial charge is 0.238 e. The van der Waals surface area contributed by atoms with E-state index in [1.54, 1.807) is 0 Å².